The zero-order valence-electron chi connectivity index (χ0n) is 16.4. The molecule has 0 heterocycles. The maximum absolute atomic E-state index is 13.6. The van der Waals surface area contributed by atoms with Gasteiger partial charge in [0.2, 0.25) is 0 Å². The normalized spacial score (nSPS) is 14.3. The fourth-order valence-electron chi connectivity index (χ4n) is 3.95. The fourth-order valence-corrected chi connectivity index (χ4v) is 3.95. The number of fused-ring (bicyclic) bond motifs is 3. The van der Waals surface area contributed by atoms with E-state index in [0.29, 0.717) is 0 Å². The average molecular weight is 421 g/mol. The van der Waals surface area contributed by atoms with Crippen LogP contribution in [0.5, 0.6) is 0 Å². The van der Waals surface area contributed by atoms with E-state index in [9.17, 15) is 24.2 Å². The number of nitrogens with one attached hydrogen (secondary N) is 1. The number of carbonyl (C=O) groups is 2. The van der Waals surface area contributed by atoms with E-state index < -0.39 is 30.0 Å². The molecule has 158 valence electrons. The molecule has 3 aromatic rings. The topological polar surface area (TPSA) is 95.9 Å². The first kappa shape index (κ1) is 20.6. The van der Waals surface area contributed by atoms with Gasteiger partial charge in [0.15, 0.2) is 6.10 Å². The van der Waals surface area contributed by atoms with Crippen LogP contribution in [0, 0.1) is 5.82 Å². The van der Waals surface area contributed by atoms with Crippen molar-refractivity contribution in [3.63, 3.8) is 0 Å². The number of amides is 1. The molecule has 0 fully saturated rings. The van der Waals surface area contributed by atoms with E-state index in [1.165, 1.54) is 18.2 Å². The van der Waals surface area contributed by atoms with Crippen molar-refractivity contribution >= 4 is 12.1 Å². The van der Waals surface area contributed by atoms with E-state index in [1.807, 2.05) is 48.5 Å². The molecule has 0 saturated carbocycles. The standard InChI is InChI=1S/C24H20FNO5/c25-15-7-5-6-14(12-15)21(22(27)23(28)29)26-24(30)31-13-20-18-10-3-1-8-16(18)17-9-2-4-11-19(17)20/h1-12,20-22,27H,13H2,(H,26,30)(H,28,29)/t21-,22-/m1/s1. The zero-order valence-corrected chi connectivity index (χ0v) is 16.4. The van der Waals surface area contributed by atoms with Gasteiger partial charge in [-0.3, -0.25) is 0 Å². The largest absolute Gasteiger partial charge is 0.479 e. The lowest BCUT2D eigenvalue weighted by Gasteiger charge is -2.22. The number of carboxylic acids is 1. The molecule has 0 spiro atoms. The van der Waals surface area contributed by atoms with E-state index in [2.05, 4.69) is 5.32 Å². The number of halogens is 1. The highest BCUT2D eigenvalue weighted by molar-refractivity contribution is 5.79. The highest BCUT2D eigenvalue weighted by atomic mass is 19.1. The third-order valence-corrected chi connectivity index (χ3v) is 5.39. The first-order valence-corrected chi connectivity index (χ1v) is 9.73. The van der Waals surface area contributed by atoms with E-state index in [4.69, 9.17) is 4.74 Å². The second-order valence-corrected chi connectivity index (χ2v) is 7.29. The molecule has 6 nitrogen and oxygen atoms in total. The van der Waals surface area contributed by atoms with Gasteiger partial charge in [-0.2, -0.15) is 0 Å². The molecule has 7 heteroatoms. The summed E-state index contributed by atoms with van der Waals surface area (Å²) in [6.07, 6.45) is -2.88. The number of ether oxygens (including phenoxy) is 1. The summed E-state index contributed by atoms with van der Waals surface area (Å²) in [4.78, 5) is 23.8. The van der Waals surface area contributed by atoms with E-state index in [-0.39, 0.29) is 18.1 Å². The average Bonchev–Trinajstić information content (AvgIpc) is 3.09. The maximum Gasteiger partial charge on any atom is 0.407 e. The van der Waals surface area contributed by atoms with Crippen molar-refractivity contribution in [1.29, 1.82) is 0 Å². The first-order chi connectivity index (χ1) is 15.0. The van der Waals surface area contributed by atoms with Crippen LogP contribution in [0.4, 0.5) is 9.18 Å². The van der Waals surface area contributed by atoms with Gasteiger partial charge in [0.25, 0.3) is 0 Å². The van der Waals surface area contributed by atoms with Gasteiger partial charge in [0, 0.05) is 5.92 Å². The van der Waals surface area contributed by atoms with Gasteiger partial charge in [-0.15, -0.1) is 0 Å². The van der Waals surface area contributed by atoms with Gasteiger partial charge in [0.05, 0.1) is 6.04 Å². The minimum atomic E-state index is -1.97. The predicted molar refractivity (Wildman–Crippen MR) is 111 cm³/mol. The third kappa shape index (κ3) is 4.13. The lowest BCUT2D eigenvalue weighted by atomic mass is 9.98. The Labute approximate surface area is 177 Å². The molecule has 0 bridgehead atoms. The summed E-state index contributed by atoms with van der Waals surface area (Å²) in [6.45, 7) is 0.0267. The Morgan fingerprint density at radius 1 is 0.968 bits per heavy atom. The predicted octanol–water partition coefficient (Wildman–Crippen LogP) is 3.85. The molecule has 0 saturated heterocycles. The van der Waals surface area contributed by atoms with Gasteiger partial charge in [0.1, 0.15) is 12.4 Å². The molecule has 0 aromatic heterocycles. The summed E-state index contributed by atoms with van der Waals surface area (Å²) in [6, 6.07) is 19.4. The number of hydrogen-bond acceptors (Lipinski definition) is 4. The van der Waals surface area contributed by atoms with E-state index in [0.717, 1.165) is 28.3 Å². The smallest absolute Gasteiger partial charge is 0.407 e. The molecule has 0 aliphatic heterocycles. The van der Waals surface area contributed by atoms with Crippen LogP contribution in [-0.2, 0) is 9.53 Å². The number of hydrogen-bond donors (Lipinski definition) is 3. The summed E-state index contributed by atoms with van der Waals surface area (Å²) in [5.41, 5.74) is 4.33. The number of aliphatic hydroxyl groups excluding tert-OH is 1. The first-order valence-electron chi connectivity index (χ1n) is 9.73. The molecular formula is C24H20FNO5. The van der Waals surface area contributed by atoms with Gasteiger partial charge in [-0.05, 0) is 39.9 Å². The lowest BCUT2D eigenvalue weighted by Crippen LogP contribution is -2.40. The molecule has 1 aliphatic carbocycles. The molecule has 1 aliphatic rings. The van der Waals surface area contributed by atoms with Crippen LogP contribution < -0.4 is 5.32 Å². The van der Waals surface area contributed by atoms with Crippen LogP contribution in [0.3, 0.4) is 0 Å². The van der Waals surface area contributed by atoms with Crippen molar-refractivity contribution < 1.29 is 28.9 Å². The van der Waals surface area contributed by atoms with E-state index in [1.54, 1.807) is 0 Å². The molecule has 3 N–H and O–H groups in total. The Hall–Kier alpha value is -3.71. The minimum absolute atomic E-state index is 0.0267. The van der Waals surface area contributed by atoms with Gasteiger partial charge in [-0.25, -0.2) is 14.0 Å². The highest BCUT2D eigenvalue weighted by Crippen LogP contribution is 2.44. The maximum atomic E-state index is 13.6. The summed E-state index contributed by atoms with van der Waals surface area (Å²) >= 11 is 0. The zero-order chi connectivity index (χ0) is 22.0. The number of alkyl carbamates (subject to hydrolysis) is 1. The Kier molecular flexibility index (Phi) is 5.68. The molecule has 0 unspecified atom stereocenters. The number of carbonyl (C=O) groups excluding carboxylic acids is 1. The number of rotatable bonds is 6. The van der Waals surface area contributed by atoms with Crippen molar-refractivity contribution in [3.8, 4) is 11.1 Å². The molecule has 3 aromatic carbocycles. The van der Waals surface area contributed by atoms with E-state index >= 15 is 0 Å². The third-order valence-electron chi connectivity index (χ3n) is 5.39. The van der Waals surface area contributed by atoms with Crippen molar-refractivity contribution in [2.75, 3.05) is 6.61 Å². The summed E-state index contributed by atoms with van der Waals surface area (Å²) in [5, 5.41) is 21.6. The Morgan fingerprint density at radius 2 is 1.58 bits per heavy atom. The SMILES string of the molecule is O=C(N[C@H](c1cccc(F)c1)[C@@H](O)C(=O)O)OCC1c2ccccc2-c2ccccc21. The van der Waals surface area contributed by atoms with Crippen LogP contribution in [0.2, 0.25) is 0 Å². The number of carboxylic acid groups (broad SMARTS) is 1. The summed E-state index contributed by atoms with van der Waals surface area (Å²) in [5.74, 6) is -2.34. The van der Waals surface area contributed by atoms with Crippen molar-refractivity contribution in [2.45, 2.75) is 18.1 Å². The Morgan fingerprint density at radius 3 is 2.16 bits per heavy atom. The van der Waals surface area contributed by atoms with Crippen LogP contribution in [0.1, 0.15) is 28.7 Å². The summed E-state index contributed by atoms with van der Waals surface area (Å²) < 4.78 is 19.0. The Balaban J connectivity index is 1.51. The lowest BCUT2D eigenvalue weighted by molar-refractivity contribution is -0.148. The van der Waals surface area contributed by atoms with Crippen LogP contribution in [-0.4, -0.2) is 35.0 Å². The fraction of sp³-hybridized carbons (Fsp3) is 0.167. The van der Waals surface area contributed by atoms with Crippen LogP contribution >= 0.6 is 0 Å². The quantitative estimate of drug-likeness (QED) is 0.562. The van der Waals surface area contributed by atoms with Crippen LogP contribution in [0.25, 0.3) is 11.1 Å². The molecular weight excluding hydrogens is 401 g/mol. The van der Waals surface area contributed by atoms with Crippen LogP contribution in [0.15, 0.2) is 72.8 Å². The van der Waals surface area contributed by atoms with Gasteiger partial charge >= 0.3 is 12.1 Å². The van der Waals surface area contributed by atoms with Crippen molar-refractivity contribution in [1.82, 2.24) is 5.32 Å². The second-order valence-electron chi connectivity index (χ2n) is 7.29. The monoisotopic (exact) mass is 421 g/mol. The van der Waals surface area contributed by atoms with Crippen molar-refractivity contribution in [3.05, 3.63) is 95.3 Å². The molecule has 1 amide bonds. The number of benzene rings is 3. The number of aliphatic carboxylic acids is 1. The second kappa shape index (κ2) is 8.57. The highest BCUT2D eigenvalue weighted by Gasteiger charge is 2.32. The summed E-state index contributed by atoms with van der Waals surface area (Å²) in [7, 11) is 0. The number of aliphatic hydroxyl groups is 1. The van der Waals surface area contributed by atoms with Crippen molar-refractivity contribution in [2.24, 2.45) is 0 Å². The minimum Gasteiger partial charge on any atom is -0.479 e. The molecule has 2 atom stereocenters. The molecule has 4 rings (SSSR count). The Bertz CT molecular complexity index is 1090. The molecule has 31 heavy (non-hydrogen) atoms. The van der Waals surface area contributed by atoms with Gasteiger partial charge in [-0.1, -0.05) is 60.7 Å². The van der Waals surface area contributed by atoms with Gasteiger partial charge < -0.3 is 20.3 Å². The molecule has 0 radical (unpaired) electrons.